The van der Waals surface area contributed by atoms with Crippen LogP contribution in [0.15, 0.2) is 48.5 Å². The fraction of sp³-hybridized carbons (Fsp3) is 0.440. The summed E-state index contributed by atoms with van der Waals surface area (Å²) < 4.78 is 6.45. The zero-order valence-electron chi connectivity index (χ0n) is 17.8. The van der Waals surface area contributed by atoms with E-state index in [4.69, 9.17) is 4.74 Å². The highest BCUT2D eigenvalue weighted by atomic mass is 16.5. The molecular formula is C25H30N2O3. The first-order valence-electron chi connectivity index (χ1n) is 10.8. The topological polar surface area (TPSA) is 58.6 Å². The van der Waals surface area contributed by atoms with Crippen LogP contribution in [0.3, 0.4) is 0 Å². The number of hydrogen-bond donors (Lipinski definition) is 1. The van der Waals surface area contributed by atoms with Crippen molar-refractivity contribution in [3.05, 3.63) is 65.2 Å². The largest absolute Gasteiger partial charge is 0.487 e. The summed E-state index contributed by atoms with van der Waals surface area (Å²) in [6.45, 7) is 3.98. The van der Waals surface area contributed by atoms with E-state index in [2.05, 4.69) is 17.3 Å². The van der Waals surface area contributed by atoms with E-state index in [0.29, 0.717) is 5.56 Å². The number of para-hydroxylation sites is 1. The quantitative estimate of drug-likeness (QED) is 0.761. The average molecular weight is 407 g/mol. The van der Waals surface area contributed by atoms with E-state index in [1.165, 1.54) is 0 Å². The van der Waals surface area contributed by atoms with Gasteiger partial charge in [-0.15, -0.1) is 0 Å². The normalized spacial score (nSPS) is 20.3. The second kappa shape index (κ2) is 8.60. The highest BCUT2D eigenvalue weighted by molar-refractivity contribution is 5.98. The van der Waals surface area contributed by atoms with Gasteiger partial charge in [0.1, 0.15) is 11.4 Å². The average Bonchev–Trinajstić information content (AvgIpc) is 2.75. The fourth-order valence-electron chi connectivity index (χ4n) is 4.46. The monoisotopic (exact) mass is 406 g/mol. The first-order chi connectivity index (χ1) is 14.4. The number of likely N-dealkylation sites (tertiary alicyclic amines) is 1. The second-order valence-electron chi connectivity index (χ2n) is 8.74. The third-order valence-corrected chi connectivity index (χ3v) is 6.38. The summed E-state index contributed by atoms with van der Waals surface area (Å²) in [4.78, 5) is 27.5. The van der Waals surface area contributed by atoms with Crippen molar-refractivity contribution < 1.29 is 14.3 Å². The standard InChI is InChI=1S/C25H30N2O3/c1-18-7-9-19(10-8-18)22(28)11-12-24(29)26-21-17-25(13-15-27(2)16-14-25)30-23-6-4-3-5-20(21)23/h3-10,21H,11-17H2,1-2H3,(H,26,29). The predicted octanol–water partition coefficient (Wildman–Crippen LogP) is 4.06. The lowest BCUT2D eigenvalue weighted by Gasteiger charge is -2.46. The van der Waals surface area contributed by atoms with Crippen LogP contribution in [-0.4, -0.2) is 42.3 Å². The molecule has 1 fully saturated rings. The van der Waals surface area contributed by atoms with Gasteiger partial charge in [-0.1, -0.05) is 48.0 Å². The molecular weight excluding hydrogens is 376 g/mol. The van der Waals surface area contributed by atoms with Gasteiger partial charge in [-0.05, 0) is 32.9 Å². The number of rotatable bonds is 5. The molecule has 0 radical (unpaired) electrons. The number of ether oxygens (including phenoxy) is 1. The molecule has 2 aromatic rings. The SMILES string of the molecule is Cc1ccc(C(=O)CCC(=O)NC2CC3(CCN(C)CC3)Oc3ccccc32)cc1. The van der Waals surface area contributed by atoms with Crippen molar-refractivity contribution in [3.63, 3.8) is 0 Å². The molecule has 0 saturated carbocycles. The van der Waals surface area contributed by atoms with Gasteiger partial charge in [-0.3, -0.25) is 9.59 Å². The molecule has 5 heteroatoms. The summed E-state index contributed by atoms with van der Waals surface area (Å²) in [5, 5.41) is 3.19. The van der Waals surface area contributed by atoms with E-state index < -0.39 is 0 Å². The van der Waals surface area contributed by atoms with Gasteiger partial charge in [-0.2, -0.15) is 0 Å². The molecule has 0 aliphatic carbocycles. The summed E-state index contributed by atoms with van der Waals surface area (Å²) in [5.74, 6) is 0.791. The molecule has 1 unspecified atom stereocenters. The molecule has 158 valence electrons. The number of amides is 1. The molecule has 4 rings (SSSR count). The molecule has 30 heavy (non-hydrogen) atoms. The Kier molecular flexibility index (Phi) is 5.91. The number of nitrogens with one attached hydrogen (secondary N) is 1. The minimum atomic E-state index is -0.226. The summed E-state index contributed by atoms with van der Waals surface area (Å²) in [6.07, 6.45) is 3.10. The van der Waals surface area contributed by atoms with Crippen LogP contribution in [0.2, 0.25) is 0 Å². The summed E-state index contributed by atoms with van der Waals surface area (Å²) in [7, 11) is 2.13. The van der Waals surface area contributed by atoms with Gasteiger partial charge in [0.2, 0.25) is 5.91 Å². The predicted molar refractivity (Wildman–Crippen MR) is 117 cm³/mol. The van der Waals surface area contributed by atoms with E-state index in [1.807, 2.05) is 55.5 Å². The smallest absolute Gasteiger partial charge is 0.220 e. The third kappa shape index (κ3) is 4.57. The minimum Gasteiger partial charge on any atom is -0.487 e. The molecule has 1 amide bonds. The number of aryl methyl sites for hydroxylation is 1. The molecule has 1 spiro atoms. The Hall–Kier alpha value is -2.66. The maximum atomic E-state index is 12.7. The van der Waals surface area contributed by atoms with Crippen LogP contribution in [0.25, 0.3) is 0 Å². The fourth-order valence-corrected chi connectivity index (χ4v) is 4.46. The Morgan fingerprint density at radius 3 is 2.50 bits per heavy atom. The van der Waals surface area contributed by atoms with Crippen molar-refractivity contribution in [3.8, 4) is 5.75 Å². The highest BCUT2D eigenvalue weighted by Gasteiger charge is 2.43. The molecule has 5 nitrogen and oxygen atoms in total. The first kappa shape index (κ1) is 20.6. The van der Waals surface area contributed by atoms with Crippen LogP contribution >= 0.6 is 0 Å². The maximum absolute atomic E-state index is 12.7. The Labute approximate surface area is 178 Å². The number of benzene rings is 2. The van der Waals surface area contributed by atoms with Crippen molar-refractivity contribution in [2.24, 2.45) is 0 Å². The number of nitrogens with zero attached hydrogens (tertiary/aromatic N) is 1. The zero-order valence-corrected chi connectivity index (χ0v) is 17.8. The Morgan fingerprint density at radius 1 is 1.07 bits per heavy atom. The van der Waals surface area contributed by atoms with E-state index in [-0.39, 0.29) is 36.2 Å². The Balaban J connectivity index is 1.41. The van der Waals surface area contributed by atoms with Crippen molar-refractivity contribution in [2.45, 2.75) is 50.7 Å². The van der Waals surface area contributed by atoms with E-state index in [1.54, 1.807) is 0 Å². The maximum Gasteiger partial charge on any atom is 0.220 e. The zero-order chi connectivity index (χ0) is 21.1. The van der Waals surface area contributed by atoms with Crippen molar-refractivity contribution >= 4 is 11.7 Å². The first-order valence-corrected chi connectivity index (χ1v) is 10.8. The number of Topliss-reactive ketones (excluding diaryl/α,β-unsaturated/α-hetero) is 1. The van der Waals surface area contributed by atoms with Gasteiger partial charge in [0.25, 0.3) is 0 Å². The molecule has 0 aromatic heterocycles. The molecule has 2 aromatic carbocycles. The van der Waals surface area contributed by atoms with Crippen molar-refractivity contribution in [1.82, 2.24) is 10.2 Å². The lowest BCUT2D eigenvalue weighted by molar-refractivity contribution is -0.122. The minimum absolute atomic E-state index is 0.00400. The highest BCUT2D eigenvalue weighted by Crippen LogP contribution is 2.44. The van der Waals surface area contributed by atoms with Crippen molar-refractivity contribution in [2.75, 3.05) is 20.1 Å². The summed E-state index contributed by atoms with van der Waals surface area (Å²) in [6, 6.07) is 15.4. The van der Waals surface area contributed by atoms with Crippen LogP contribution in [0.5, 0.6) is 5.75 Å². The molecule has 2 aliphatic heterocycles. The summed E-state index contributed by atoms with van der Waals surface area (Å²) in [5.41, 5.74) is 2.58. The molecule has 1 atom stereocenters. The Morgan fingerprint density at radius 2 is 1.77 bits per heavy atom. The third-order valence-electron chi connectivity index (χ3n) is 6.38. The van der Waals surface area contributed by atoms with Gasteiger partial charge < -0.3 is 15.0 Å². The number of carbonyl (C=O) groups is 2. The molecule has 1 saturated heterocycles. The lowest BCUT2D eigenvalue weighted by Crippen LogP contribution is -2.51. The van der Waals surface area contributed by atoms with Gasteiger partial charge in [0, 0.05) is 43.5 Å². The molecule has 2 heterocycles. The van der Waals surface area contributed by atoms with Crippen LogP contribution in [0, 0.1) is 6.92 Å². The van der Waals surface area contributed by atoms with Gasteiger partial charge >= 0.3 is 0 Å². The van der Waals surface area contributed by atoms with Gasteiger partial charge in [0.15, 0.2) is 5.78 Å². The molecule has 0 bridgehead atoms. The number of hydrogen-bond acceptors (Lipinski definition) is 4. The molecule has 2 aliphatic rings. The van der Waals surface area contributed by atoms with Crippen LogP contribution in [-0.2, 0) is 4.79 Å². The van der Waals surface area contributed by atoms with Gasteiger partial charge in [0.05, 0.1) is 6.04 Å². The number of piperidine rings is 1. The van der Waals surface area contributed by atoms with Crippen molar-refractivity contribution in [1.29, 1.82) is 0 Å². The number of ketones is 1. The second-order valence-corrected chi connectivity index (χ2v) is 8.74. The summed E-state index contributed by atoms with van der Waals surface area (Å²) >= 11 is 0. The Bertz CT molecular complexity index is 914. The number of carbonyl (C=O) groups excluding carboxylic acids is 2. The van der Waals surface area contributed by atoms with Crippen LogP contribution < -0.4 is 10.1 Å². The van der Waals surface area contributed by atoms with E-state index >= 15 is 0 Å². The van der Waals surface area contributed by atoms with Gasteiger partial charge in [-0.25, -0.2) is 0 Å². The lowest BCUT2D eigenvalue weighted by atomic mass is 9.80. The van der Waals surface area contributed by atoms with Crippen LogP contribution in [0.4, 0.5) is 0 Å². The van der Waals surface area contributed by atoms with Crippen LogP contribution in [0.1, 0.15) is 59.6 Å². The van der Waals surface area contributed by atoms with E-state index in [0.717, 1.165) is 49.2 Å². The molecule has 1 N–H and O–H groups in total. The van der Waals surface area contributed by atoms with E-state index in [9.17, 15) is 9.59 Å². The number of fused-ring (bicyclic) bond motifs is 1.